The maximum Gasteiger partial charge on any atom is 0.324 e. The standard InChI is InChI=1S/C24H26FN9O2S/c1-13(2)21-28-22(36-31-21)33-8-6-15(7-9-33)14(3)35-24-30-34-12-20(27-23(34)37-24)17-5-4-16(10-18(17)25)19-11-26-32-29-19/h4-5,10,12-15H,6-9,11H2,1-3H3/t14-/m1/s1. The van der Waals surface area contributed by atoms with Gasteiger partial charge in [-0.25, -0.2) is 13.9 Å². The number of halogens is 1. The fourth-order valence-electron chi connectivity index (χ4n) is 4.53. The molecule has 0 radical (unpaired) electrons. The van der Waals surface area contributed by atoms with E-state index in [0.29, 0.717) is 51.2 Å². The van der Waals surface area contributed by atoms with Crippen LogP contribution in [-0.2, 0) is 0 Å². The molecule has 2 aliphatic rings. The maximum absolute atomic E-state index is 14.8. The molecular weight excluding hydrogens is 497 g/mol. The molecule has 0 unspecified atom stereocenters. The van der Waals surface area contributed by atoms with Gasteiger partial charge in [-0.1, -0.05) is 25.1 Å². The number of nitrogens with zero attached hydrogens (tertiary/aromatic N) is 9. The lowest BCUT2D eigenvalue weighted by atomic mass is 9.92. The summed E-state index contributed by atoms with van der Waals surface area (Å²) in [6.45, 7) is 8.21. The largest absolute Gasteiger partial charge is 0.466 e. The number of hydrogen-bond acceptors (Lipinski definition) is 11. The van der Waals surface area contributed by atoms with Crippen LogP contribution in [0.5, 0.6) is 5.19 Å². The SMILES string of the molecule is CC(C)c1noc(N2CCC([C@@H](C)Oc3nn4cc(-c5ccc(C6=NN=NC6)cc5F)nc4s3)CC2)n1. The Morgan fingerprint density at radius 2 is 2.00 bits per heavy atom. The molecule has 0 bridgehead atoms. The molecule has 3 aromatic heterocycles. The first kappa shape index (κ1) is 23.6. The van der Waals surface area contributed by atoms with Gasteiger partial charge in [-0.15, -0.1) is 10.2 Å². The molecule has 6 rings (SSSR count). The van der Waals surface area contributed by atoms with Crippen LogP contribution in [0.4, 0.5) is 10.4 Å². The van der Waals surface area contributed by atoms with Gasteiger partial charge >= 0.3 is 6.01 Å². The number of rotatable bonds is 7. The summed E-state index contributed by atoms with van der Waals surface area (Å²) in [4.78, 5) is 11.9. The van der Waals surface area contributed by atoms with Crippen molar-refractivity contribution in [3.63, 3.8) is 0 Å². The van der Waals surface area contributed by atoms with Crippen LogP contribution in [0, 0.1) is 11.7 Å². The number of hydrogen-bond donors (Lipinski definition) is 0. The minimum absolute atomic E-state index is 0.00616. The lowest BCUT2D eigenvalue weighted by Gasteiger charge is -2.33. The molecule has 0 spiro atoms. The minimum atomic E-state index is -0.379. The second kappa shape index (κ2) is 9.61. The summed E-state index contributed by atoms with van der Waals surface area (Å²) in [6, 6.07) is 5.53. The molecular formula is C24H26FN9O2S. The number of fused-ring (bicyclic) bond motifs is 1. The number of benzene rings is 1. The van der Waals surface area contributed by atoms with Gasteiger partial charge in [-0.2, -0.15) is 10.1 Å². The lowest BCUT2D eigenvalue weighted by Crippen LogP contribution is -2.38. The monoisotopic (exact) mass is 523 g/mol. The Hall–Kier alpha value is -3.74. The summed E-state index contributed by atoms with van der Waals surface area (Å²) in [5.41, 5.74) is 2.23. The van der Waals surface area contributed by atoms with Crippen LogP contribution < -0.4 is 9.64 Å². The summed E-state index contributed by atoms with van der Waals surface area (Å²) < 4.78 is 28.1. The molecule has 192 valence electrons. The second-order valence-corrected chi connectivity index (χ2v) is 10.5. The van der Waals surface area contributed by atoms with Crippen molar-refractivity contribution in [2.45, 2.75) is 45.6 Å². The molecule has 5 heterocycles. The zero-order valence-electron chi connectivity index (χ0n) is 20.7. The average Bonchev–Trinajstić information content (AvgIpc) is 3.68. The topological polar surface area (TPSA) is 119 Å². The molecule has 0 aliphatic carbocycles. The Bertz CT molecular complexity index is 1450. The number of anilines is 1. The highest BCUT2D eigenvalue weighted by Crippen LogP contribution is 2.31. The number of ether oxygens (including phenoxy) is 1. The van der Waals surface area contributed by atoms with Gasteiger partial charge in [0.05, 0.1) is 17.6 Å². The van der Waals surface area contributed by atoms with Crippen molar-refractivity contribution in [3.8, 4) is 16.5 Å². The van der Waals surface area contributed by atoms with E-state index in [-0.39, 0.29) is 17.8 Å². The van der Waals surface area contributed by atoms with Crippen LogP contribution in [0.3, 0.4) is 0 Å². The predicted octanol–water partition coefficient (Wildman–Crippen LogP) is 4.96. The first-order valence-corrected chi connectivity index (χ1v) is 13.1. The van der Waals surface area contributed by atoms with Crippen molar-refractivity contribution >= 4 is 28.0 Å². The summed E-state index contributed by atoms with van der Waals surface area (Å²) >= 11 is 1.35. The quantitative estimate of drug-likeness (QED) is 0.336. The van der Waals surface area contributed by atoms with Crippen molar-refractivity contribution in [2.75, 3.05) is 24.5 Å². The van der Waals surface area contributed by atoms with E-state index < -0.39 is 0 Å². The minimum Gasteiger partial charge on any atom is -0.466 e. The molecule has 13 heteroatoms. The molecule has 4 aromatic rings. The molecule has 2 aliphatic heterocycles. The van der Waals surface area contributed by atoms with E-state index >= 15 is 0 Å². The Kier molecular flexibility index (Phi) is 6.14. The zero-order valence-corrected chi connectivity index (χ0v) is 21.5. The molecule has 1 saturated heterocycles. The number of imidazole rings is 1. The van der Waals surface area contributed by atoms with Crippen molar-refractivity contribution < 1.29 is 13.7 Å². The maximum atomic E-state index is 14.8. The first-order valence-electron chi connectivity index (χ1n) is 12.3. The van der Waals surface area contributed by atoms with E-state index in [0.717, 1.165) is 31.8 Å². The van der Waals surface area contributed by atoms with E-state index in [9.17, 15) is 4.39 Å². The molecule has 11 nitrogen and oxygen atoms in total. The van der Waals surface area contributed by atoms with Crippen LogP contribution in [0.15, 0.2) is 44.4 Å². The van der Waals surface area contributed by atoms with Crippen LogP contribution in [0.25, 0.3) is 16.2 Å². The van der Waals surface area contributed by atoms with Crippen LogP contribution in [0.2, 0.25) is 0 Å². The van der Waals surface area contributed by atoms with Gasteiger partial charge in [0.25, 0.3) is 5.19 Å². The lowest BCUT2D eigenvalue weighted by molar-refractivity contribution is 0.130. The van der Waals surface area contributed by atoms with Gasteiger partial charge in [0.15, 0.2) is 5.82 Å². The molecule has 0 amide bonds. The Morgan fingerprint density at radius 3 is 2.68 bits per heavy atom. The Morgan fingerprint density at radius 1 is 1.16 bits per heavy atom. The van der Waals surface area contributed by atoms with E-state index in [1.165, 1.54) is 17.4 Å². The van der Waals surface area contributed by atoms with Gasteiger partial charge in [-0.3, -0.25) is 0 Å². The summed E-state index contributed by atoms with van der Waals surface area (Å²) in [6.07, 6.45) is 3.62. The van der Waals surface area contributed by atoms with E-state index in [1.54, 1.807) is 22.8 Å². The third-order valence-corrected chi connectivity index (χ3v) is 7.57. The fourth-order valence-corrected chi connectivity index (χ4v) is 5.35. The van der Waals surface area contributed by atoms with Gasteiger partial charge in [-0.05, 0) is 54.4 Å². The smallest absolute Gasteiger partial charge is 0.324 e. The van der Waals surface area contributed by atoms with Gasteiger partial charge in [0.2, 0.25) is 4.96 Å². The summed E-state index contributed by atoms with van der Waals surface area (Å²) in [5.74, 6) is 0.976. The normalized spacial score (nSPS) is 17.2. The van der Waals surface area contributed by atoms with Gasteiger partial charge in [0, 0.05) is 30.1 Å². The molecule has 37 heavy (non-hydrogen) atoms. The highest BCUT2D eigenvalue weighted by atomic mass is 32.1. The molecule has 1 aromatic carbocycles. The van der Waals surface area contributed by atoms with Gasteiger partial charge < -0.3 is 14.2 Å². The molecule has 1 fully saturated rings. The second-order valence-electron chi connectivity index (χ2n) is 9.59. The van der Waals surface area contributed by atoms with E-state index in [2.05, 4.69) is 47.5 Å². The van der Waals surface area contributed by atoms with Gasteiger partial charge in [0.1, 0.15) is 18.5 Å². The predicted molar refractivity (Wildman–Crippen MR) is 136 cm³/mol. The summed E-state index contributed by atoms with van der Waals surface area (Å²) in [5, 5.41) is 20.5. The first-order chi connectivity index (χ1) is 17.9. The molecule has 0 N–H and O–H groups in total. The molecule has 0 saturated carbocycles. The highest BCUT2D eigenvalue weighted by molar-refractivity contribution is 7.18. The van der Waals surface area contributed by atoms with Crippen molar-refractivity contribution in [3.05, 3.63) is 41.6 Å². The van der Waals surface area contributed by atoms with Crippen molar-refractivity contribution in [2.24, 2.45) is 21.4 Å². The van der Waals surface area contributed by atoms with E-state index in [1.807, 2.05) is 13.8 Å². The Labute approximate surface area is 216 Å². The fraction of sp³-hybridized carbons (Fsp3) is 0.458. The zero-order chi connectivity index (χ0) is 25.5. The Balaban J connectivity index is 1.08. The van der Waals surface area contributed by atoms with Crippen LogP contribution in [-0.4, -0.2) is 56.2 Å². The third-order valence-electron chi connectivity index (χ3n) is 6.76. The van der Waals surface area contributed by atoms with E-state index in [4.69, 9.17) is 9.26 Å². The average molecular weight is 524 g/mol. The third kappa shape index (κ3) is 4.70. The summed E-state index contributed by atoms with van der Waals surface area (Å²) in [7, 11) is 0. The van der Waals surface area contributed by atoms with Crippen LogP contribution >= 0.6 is 11.3 Å². The van der Waals surface area contributed by atoms with Crippen molar-refractivity contribution in [1.82, 2.24) is 24.7 Å². The van der Waals surface area contributed by atoms with Crippen molar-refractivity contribution in [1.29, 1.82) is 0 Å². The molecule has 1 atom stereocenters. The number of aromatic nitrogens is 5. The highest BCUT2D eigenvalue weighted by Gasteiger charge is 2.28. The van der Waals surface area contributed by atoms with Crippen LogP contribution in [0.1, 0.15) is 50.9 Å². The number of piperidine rings is 1.